The van der Waals surface area contributed by atoms with Crippen LogP contribution in [0.25, 0.3) is 0 Å². The van der Waals surface area contributed by atoms with E-state index in [0.29, 0.717) is 12.1 Å². The van der Waals surface area contributed by atoms with Gasteiger partial charge in [-0.25, -0.2) is 4.98 Å². The van der Waals surface area contributed by atoms with Gasteiger partial charge in [0.05, 0.1) is 11.3 Å². The van der Waals surface area contributed by atoms with E-state index in [1.54, 1.807) is 0 Å². The van der Waals surface area contributed by atoms with Crippen LogP contribution >= 0.6 is 0 Å². The molecule has 0 aliphatic heterocycles. The summed E-state index contributed by atoms with van der Waals surface area (Å²) in [5, 5.41) is 9.44. The van der Waals surface area contributed by atoms with E-state index in [1.165, 1.54) is 6.33 Å². The van der Waals surface area contributed by atoms with Gasteiger partial charge in [-0.2, -0.15) is 5.10 Å². The van der Waals surface area contributed by atoms with Gasteiger partial charge >= 0.3 is 0 Å². The normalized spacial score (nSPS) is 10.4. The van der Waals surface area contributed by atoms with Crippen molar-refractivity contribution in [3.63, 3.8) is 0 Å². The number of hydrogen-bond donors (Lipinski definition) is 2. The lowest BCUT2D eigenvalue weighted by Gasteiger charge is -2.07. The monoisotopic (exact) mass is 259 g/mol. The average molecular weight is 259 g/mol. The molecule has 2 aromatic rings. The molecule has 2 N–H and O–H groups in total. The van der Waals surface area contributed by atoms with Crippen molar-refractivity contribution in [3.8, 4) is 0 Å². The maximum absolute atomic E-state index is 12.0. The first-order valence-electron chi connectivity index (χ1n) is 6.23. The topological polar surface area (TPSA) is 83.6 Å². The third-order valence-corrected chi connectivity index (χ3v) is 2.81. The summed E-state index contributed by atoms with van der Waals surface area (Å²) in [4.78, 5) is 20.3. The summed E-state index contributed by atoms with van der Waals surface area (Å²) < 4.78 is 0. The minimum atomic E-state index is -0.0810. The van der Waals surface area contributed by atoms with Gasteiger partial charge < -0.3 is 5.32 Å². The molecule has 0 saturated carbocycles. The van der Waals surface area contributed by atoms with Gasteiger partial charge in [-0.15, -0.1) is 0 Å². The van der Waals surface area contributed by atoms with E-state index in [-0.39, 0.29) is 5.91 Å². The van der Waals surface area contributed by atoms with Crippen molar-refractivity contribution >= 4 is 5.91 Å². The molecule has 6 nitrogen and oxygen atoms in total. The summed E-state index contributed by atoms with van der Waals surface area (Å²) in [6.07, 6.45) is 3.07. The summed E-state index contributed by atoms with van der Waals surface area (Å²) >= 11 is 0. The van der Waals surface area contributed by atoms with E-state index in [0.717, 1.165) is 30.1 Å². The van der Waals surface area contributed by atoms with E-state index in [9.17, 15) is 4.79 Å². The smallest absolute Gasteiger partial charge is 0.253 e. The van der Waals surface area contributed by atoms with Crippen molar-refractivity contribution in [3.05, 3.63) is 41.2 Å². The number of amides is 1. The number of pyridine rings is 1. The van der Waals surface area contributed by atoms with E-state index in [1.807, 2.05) is 26.0 Å². The highest BCUT2D eigenvalue weighted by molar-refractivity contribution is 5.95. The number of H-pyrrole nitrogens is 1. The fraction of sp³-hybridized carbons (Fsp3) is 0.385. The molecule has 0 aliphatic carbocycles. The van der Waals surface area contributed by atoms with Crippen LogP contribution < -0.4 is 5.32 Å². The van der Waals surface area contributed by atoms with Gasteiger partial charge in [0, 0.05) is 18.7 Å². The van der Waals surface area contributed by atoms with Gasteiger partial charge in [-0.1, -0.05) is 0 Å². The Bertz CT molecular complexity index is 550. The van der Waals surface area contributed by atoms with Crippen molar-refractivity contribution in [2.45, 2.75) is 26.7 Å². The molecule has 0 unspecified atom stereocenters. The molecule has 2 aromatic heterocycles. The zero-order valence-electron chi connectivity index (χ0n) is 11.1. The van der Waals surface area contributed by atoms with E-state index in [4.69, 9.17) is 0 Å². The zero-order valence-corrected chi connectivity index (χ0v) is 11.1. The van der Waals surface area contributed by atoms with E-state index in [2.05, 4.69) is 25.5 Å². The Labute approximate surface area is 111 Å². The number of carbonyl (C=O) groups is 1. The third-order valence-electron chi connectivity index (χ3n) is 2.81. The fourth-order valence-corrected chi connectivity index (χ4v) is 1.83. The van der Waals surface area contributed by atoms with Crippen LogP contribution in [0.2, 0.25) is 0 Å². The maximum atomic E-state index is 12.0. The molecule has 2 rings (SSSR count). The van der Waals surface area contributed by atoms with Crippen molar-refractivity contribution < 1.29 is 4.79 Å². The minimum absolute atomic E-state index is 0.0810. The number of aryl methyl sites for hydroxylation is 3. The Hall–Kier alpha value is -2.24. The standard InChI is InChI=1S/C13H17N5O/c1-9-5-6-11(10(2)17-9)13(19)14-7-3-4-12-15-8-16-18-12/h5-6,8H,3-4,7H2,1-2H3,(H,14,19)(H,15,16,18). The Morgan fingerprint density at radius 3 is 2.89 bits per heavy atom. The molecule has 0 atom stereocenters. The second-order valence-electron chi connectivity index (χ2n) is 4.38. The van der Waals surface area contributed by atoms with E-state index >= 15 is 0 Å². The van der Waals surface area contributed by atoms with Crippen molar-refractivity contribution in [1.82, 2.24) is 25.5 Å². The number of nitrogens with one attached hydrogen (secondary N) is 2. The molecule has 100 valence electrons. The predicted octanol–water partition coefficient (Wildman–Crippen LogP) is 1.18. The molecular weight excluding hydrogens is 242 g/mol. The number of rotatable bonds is 5. The lowest BCUT2D eigenvalue weighted by molar-refractivity contribution is 0.0952. The minimum Gasteiger partial charge on any atom is -0.352 e. The first-order chi connectivity index (χ1) is 9.16. The highest BCUT2D eigenvalue weighted by atomic mass is 16.1. The third kappa shape index (κ3) is 3.61. The molecule has 0 radical (unpaired) electrons. The largest absolute Gasteiger partial charge is 0.352 e. The summed E-state index contributed by atoms with van der Waals surface area (Å²) in [7, 11) is 0. The SMILES string of the molecule is Cc1ccc(C(=O)NCCCc2ncn[nH]2)c(C)n1. The molecule has 0 aromatic carbocycles. The first-order valence-corrected chi connectivity index (χ1v) is 6.23. The summed E-state index contributed by atoms with van der Waals surface area (Å²) in [6, 6.07) is 3.65. The Morgan fingerprint density at radius 1 is 1.37 bits per heavy atom. The summed E-state index contributed by atoms with van der Waals surface area (Å²) in [6.45, 7) is 4.36. The van der Waals surface area contributed by atoms with Crippen LogP contribution in [0.4, 0.5) is 0 Å². The summed E-state index contributed by atoms with van der Waals surface area (Å²) in [5.41, 5.74) is 2.30. The molecule has 2 heterocycles. The molecule has 1 amide bonds. The molecule has 0 saturated heterocycles. The highest BCUT2D eigenvalue weighted by Crippen LogP contribution is 2.06. The number of aromatic nitrogens is 4. The average Bonchev–Trinajstić information content (AvgIpc) is 2.87. The molecule has 0 spiro atoms. The van der Waals surface area contributed by atoms with Crippen LogP contribution in [0.5, 0.6) is 0 Å². The van der Waals surface area contributed by atoms with Gasteiger partial charge in [-0.05, 0) is 32.4 Å². The quantitative estimate of drug-likeness (QED) is 0.790. The van der Waals surface area contributed by atoms with Crippen LogP contribution in [0.1, 0.15) is 34.0 Å². The second kappa shape index (κ2) is 6.08. The Morgan fingerprint density at radius 2 is 2.21 bits per heavy atom. The molecule has 0 fully saturated rings. The van der Waals surface area contributed by atoms with Gasteiger partial charge in [-0.3, -0.25) is 14.9 Å². The van der Waals surface area contributed by atoms with Gasteiger partial charge in [0.1, 0.15) is 12.2 Å². The van der Waals surface area contributed by atoms with Gasteiger partial charge in [0.25, 0.3) is 5.91 Å². The maximum Gasteiger partial charge on any atom is 0.253 e. The first kappa shape index (κ1) is 13.2. The molecule has 6 heteroatoms. The van der Waals surface area contributed by atoms with E-state index < -0.39 is 0 Å². The number of aromatic amines is 1. The van der Waals surface area contributed by atoms with Crippen molar-refractivity contribution in [1.29, 1.82) is 0 Å². The van der Waals surface area contributed by atoms with Crippen LogP contribution in [-0.2, 0) is 6.42 Å². The van der Waals surface area contributed by atoms with Crippen LogP contribution in [0.3, 0.4) is 0 Å². The van der Waals surface area contributed by atoms with Gasteiger partial charge in [0.15, 0.2) is 0 Å². The zero-order chi connectivity index (χ0) is 13.7. The molecular formula is C13H17N5O. The summed E-state index contributed by atoms with van der Waals surface area (Å²) in [5.74, 6) is 0.755. The highest BCUT2D eigenvalue weighted by Gasteiger charge is 2.09. The van der Waals surface area contributed by atoms with Gasteiger partial charge in [0.2, 0.25) is 0 Å². The number of hydrogen-bond acceptors (Lipinski definition) is 4. The molecule has 19 heavy (non-hydrogen) atoms. The Kier molecular flexibility index (Phi) is 4.22. The lowest BCUT2D eigenvalue weighted by Crippen LogP contribution is -2.26. The predicted molar refractivity (Wildman–Crippen MR) is 70.7 cm³/mol. The molecule has 0 bridgehead atoms. The number of carbonyl (C=O) groups excluding carboxylic acids is 1. The van der Waals surface area contributed by atoms with Crippen LogP contribution in [-0.4, -0.2) is 32.6 Å². The van der Waals surface area contributed by atoms with Crippen LogP contribution in [0, 0.1) is 13.8 Å². The Balaban J connectivity index is 1.81. The number of nitrogens with zero attached hydrogens (tertiary/aromatic N) is 3. The van der Waals surface area contributed by atoms with Crippen molar-refractivity contribution in [2.75, 3.05) is 6.54 Å². The lowest BCUT2D eigenvalue weighted by atomic mass is 10.1. The fourth-order valence-electron chi connectivity index (χ4n) is 1.83. The molecule has 0 aliphatic rings. The van der Waals surface area contributed by atoms with Crippen LogP contribution in [0.15, 0.2) is 18.5 Å². The van der Waals surface area contributed by atoms with Crippen molar-refractivity contribution in [2.24, 2.45) is 0 Å². The second-order valence-corrected chi connectivity index (χ2v) is 4.38.